The van der Waals surface area contributed by atoms with Crippen LogP contribution in [0.3, 0.4) is 0 Å². The first kappa shape index (κ1) is 16.8. The van der Waals surface area contributed by atoms with Crippen molar-refractivity contribution in [3.05, 3.63) is 58.6 Å². The zero-order chi connectivity index (χ0) is 17.5. The number of hydrogen-bond donors (Lipinski definition) is 0. The largest absolute Gasteiger partial charge is 0.465 e. The molecule has 0 aromatic heterocycles. The van der Waals surface area contributed by atoms with Gasteiger partial charge in [-0.15, -0.1) is 0 Å². The van der Waals surface area contributed by atoms with Gasteiger partial charge < -0.3 is 4.74 Å². The van der Waals surface area contributed by atoms with Crippen molar-refractivity contribution in [2.45, 2.75) is 24.3 Å². The highest BCUT2D eigenvalue weighted by Gasteiger charge is 2.36. The molecule has 0 spiro atoms. The van der Waals surface area contributed by atoms with Gasteiger partial charge in [0.05, 0.1) is 28.3 Å². The van der Waals surface area contributed by atoms with Crippen LogP contribution in [0, 0.1) is 0 Å². The lowest BCUT2D eigenvalue weighted by molar-refractivity contribution is 0.0600. The van der Waals surface area contributed by atoms with Gasteiger partial charge in [-0.3, -0.25) is 4.31 Å². The quantitative estimate of drug-likeness (QED) is 0.783. The number of carbonyl (C=O) groups excluding carboxylic acids is 1. The molecule has 1 aliphatic heterocycles. The van der Waals surface area contributed by atoms with Gasteiger partial charge in [0, 0.05) is 6.04 Å². The Morgan fingerprint density at radius 2 is 1.96 bits per heavy atom. The van der Waals surface area contributed by atoms with Crippen molar-refractivity contribution in [2.24, 2.45) is 0 Å². The summed E-state index contributed by atoms with van der Waals surface area (Å²) < 4.78 is 32.3. The number of para-hydroxylation sites is 1. The summed E-state index contributed by atoms with van der Waals surface area (Å²) in [6, 6.07) is 11.3. The lowest BCUT2D eigenvalue weighted by atomic mass is 10.1. The average molecular weight is 366 g/mol. The second-order valence-electron chi connectivity index (χ2n) is 5.62. The van der Waals surface area contributed by atoms with Crippen molar-refractivity contribution in [3.8, 4) is 0 Å². The molecule has 3 rings (SSSR count). The summed E-state index contributed by atoms with van der Waals surface area (Å²) in [5.41, 5.74) is 1.68. The fourth-order valence-electron chi connectivity index (χ4n) is 2.95. The molecule has 126 valence electrons. The van der Waals surface area contributed by atoms with Crippen LogP contribution in [0.1, 0.15) is 22.8 Å². The summed E-state index contributed by atoms with van der Waals surface area (Å²) in [5, 5.41) is 0.149. The predicted octanol–water partition coefficient (Wildman–Crippen LogP) is 3.27. The monoisotopic (exact) mass is 365 g/mol. The highest BCUT2D eigenvalue weighted by molar-refractivity contribution is 7.92. The third-order valence-corrected chi connectivity index (χ3v) is 6.30. The number of esters is 1. The Balaban J connectivity index is 2.11. The maximum atomic E-state index is 13.1. The molecule has 0 fully saturated rings. The van der Waals surface area contributed by atoms with E-state index in [0.717, 1.165) is 5.56 Å². The Bertz CT molecular complexity index is 911. The smallest absolute Gasteiger partial charge is 0.339 e. The molecule has 0 N–H and O–H groups in total. The Morgan fingerprint density at radius 3 is 2.67 bits per heavy atom. The molecular formula is C17H16ClNO4S. The fourth-order valence-corrected chi connectivity index (χ4v) is 4.86. The van der Waals surface area contributed by atoms with Gasteiger partial charge in [-0.1, -0.05) is 29.8 Å². The van der Waals surface area contributed by atoms with E-state index in [4.69, 9.17) is 11.6 Å². The average Bonchev–Trinajstić information content (AvgIpc) is 2.90. The first-order valence-electron chi connectivity index (χ1n) is 7.36. The van der Waals surface area contributed by atoms with Crippen molar-refractivity contribution >= 4 is 33.3 Å². The Hall–Kier alpha value is -2.05. The van der Waals surface area contributed by atoms with E-state index in [-0.39, 0.29) is 21.5 Å². The van der Waals surface area contributed by atoms with Gasteiger partial charge in [-0.2, -0.15) is 0 Å². The topological polar surface area (TPSA) is 63.7 Å². The van der Waals surface area contributed by atoms with E-state index in [9.17, 15) is 13.2 Å². The minimum atomic E-state index is -3.82. The molecule has 5 nitrogen and oxygen atoms in total. The van der Waals surface area contributed by atoms with Gasteiger partial charge in [0.1, 0.15) is 0 Å². The van der Waals surface area contributed by atoms with Crippen LogP contribution >= 0.6 is 11.6 Å². The molecule has 1 aliphatic rings. The Labute approximate surface area is 145 Å². The van der Waals surface area contributed by atoms with Crippen molar-refractivity contribution in [1.82, 2.24) is 0 Å². The third kappa shape index (κ3) is 2.65. The first-order valence-corrected chi connectivity index (χ1v) is 9.18. The van der Waals surface area contributed by atoms with Crippen LogP contribution in [-0.2, 0) is 21.2 Å². The minimum Gasteiger partial charge on any atom is -0.465 e. The van der Waals surface area contributed by atoms with Gasteiger partial charge in [-0.05, 0) is 43.2 Å². The number of fused-ring (bicyclic) bond motifs is 1. The molecule has 0 amide bonds. The van der Waals surface area contributed by atoms with Gasteiger partial charge in [0.2, 0.25) is 0 Å². The standard InChI is InChI=1S/C17H16ClNO4S/c1-11-9-12-5-3-4-6-16(12)19(11)24(21,22)13-7-8-15(18)14(10-13)17(20)23-2/h3-8,10-11H,9H2,1-2H3/t11-/m1/s1. The van der Waals surface area contributed by atoms with Crippen LogP contribution in [0.15, 0.2) is 47.4 Å². The number of hydrogen-bond acceptors (Lipinski definition) is 4. The number of anilines is 1. The molecule has 0 aliphatic carbocycles. The van der Waals surface area contributed by atoms with Crippen LogP contribution in [0.25, 0.3) is 0 Å². The maximum absolute atomic E-state index is 13.1. The van der Waals surface area contributed by atoms with Gasteiger partial charge >= 0.3 is 5.97 Å². The van der Waals surface area contributed by atoms with E-state index in [1.807, 2.05) is 19.1 Å². The molecule has 0 saturated heterocycles. The fraction of sp³-hybridized carbons (Fsp3) is 0.235. The molecule has 7 heteroatoms. The number of sulfonamides is 1. The van der Waals surface area contributed by atoms with Crippen molar-refractivity contribution in [1.29, 1.82) is 0 Å². The lowest BCUT2D eigenvalue weighted by Crippen LogP contribution is -2.35. The normalized spacial score (nSPS) is 16.8. The summed E-state index contributed by atoms with van der Waals surface area (Å²) in [6.07, 6.45) is 0.646. The second-order valence-corrected chi connectivity index (χ2v) is 7.84. The van der Waals surface area contributed by atoms with Crippen molar-refractivity contribution in [3.63, 3.8) is 0 Å². The molecule has 0 bridgehead atoms. The van der Waals surface area contributed by atoms with E-state index in [1.54, 1.807) is 12.1 Å². The van der Waals surface area contributed by atoms with Crippen LogP contribution < -0.4 is 4.31 Å². The van der Waals surface area contributed by atoms with Gasteiger partial charge in [-0.25, -0.2) is 13.2 Å². The molecule has 0 saturated carbocycles. The summed E-state index contributed by atoms with van der Waals surface area (Å²) in [7, 11) is -2.59. The number of methoxy groups -OCH3 is 1. The molecular weight excluding hydrogens is 350 g/mol. The molecule has 24 heavy (non-hydrogen) atoms. The molecule has 0 unspecified atom stereocenters. The predicted molar refractivity (Wildman–Crippen MR) is 92.1 cm³/mol. The number of ether oxygens (including phenoxy) is 1. The lowest BCUT2D eigenvalue weighted by Gasteiger charge is -2.24. The van der Waals surface area contributed by atoms with Crippen LogP contribution in [-0.4, -0.2) is 27.5 Å². The SMILES string of the molecule is COC(=O)c1cc(S(=O)(=O)N2c3ccccc3C[C@H]2C)ccc1Cl. The summed E-state index contributed by atoms with van der Waals surface area (Å²) >= 11 is 5.98. The molecule has 1 heterocycles. The maximum Gasteiger partial charge on any atom is 0.339 e. The van der Waals surface area contributed by atoms with E-state index < -0.39 is 16.0 Å². The molecule has 2 aromatic rings. The van der Waals surface area contributed by atoms with Gasteiger partial charge in [0.25, 0.3) is 10.0 Å². The molecule has 1 atom stereocenters. The number of nitrogens with zero attached hydrogens (tertiary/aromatic N) is 1. The number of benzene rings is 2. The first-order chi connectivity index (χ1) is 11.4. The highest BCUT2D eigenvalue weighted by atomic mass is 35.5. The van der Waals surface area contributed by atoms with Crippen molar-refractivity contribution < 1.29 is 17.9 Å². The molecule has 2 aromatic carbocycles. The summed E-state index contributed by atoms with van der Waals surface area (Å²) in [6.45, 7) is 1.86. The van der Waals surface area contributed by atoms with E-state index in [0.29, 0.717) is 12.1 Å². The van der Waals surface area contributed by atoms with E-state index in [1.165, 1.54) is 29.6 Å². The summed E-state index contributed by atoms with van der Waals surface area (Å²) in [4.78, 5) is 11.8. The van der Waals surface area contributed by atoms with Crippen LogP contribution in [0.5, 0.6) is 0 Å². The Morgan fingerprint density at radius 1 is 1.25 bits per heavy atom. The zero-order valence-corrected chi connectivity index (χ0v) is 14.8. The van der Waals surface area contributed by atoms with E-state index >= 15 is 0 Å². The van der Waals surface area contributed by atoms with Crippen molar-refractivity contribution in [2.75, 3.05) is 11.4 Å². The number of carbonyl (C=O) groups is 1. The minimum absolute atomic E-state index is 0.0100. The summed E-state index contributed by atoms with van der Waals surface area (Å²) in [5.74, 6) is -0.674. The van der Waals surface area contributed by atoms with Crippen LogP contribution in [0.2, 0.25) is 5.02 Å². The van der Waals surface area contributed by atoms with Crippen LogP contribution in [0.4, 0.5) is 5.69 Å². The molecule has 0 radical (unpaired) electrons. The number of halogens is 1. The second kappa shape index (κ2) is 6.11. The zero-order valence-electron chi connectivity index (χ0n) is 13.2. The van der Waals surface area contributed by atoms with E-state index in [2.05, 4.69) is 4.74 Å². The highest BCUT2D eigenvalue weighted by Crippen LogP contribution is 2.37. The Kier molecular flexibility index (Phi) is 4.27. The number of rotatable bonds is 3. The van der Waals surface area contributed by atoms with Gasteiger partial charge in [0.15, 0.2) is 0 Å². The third-order valence-electron chi connectivity index (χ3n) is 4.04.